The molecule has 0 saturated heterocycles. The van der Waals surface area contributed by atoms with Crippen LogP contribution in [0.3, 0.4) is 0 Å². The molecule has 2 aromatic rings. The monoisotopic (exact) mass is 349 g/mol. The predicted octanol–water partition coefficient (Wildman–Crippen LogP) is 1.85. The zero-order valence-corrected chi connectivity index (χ0v) is 12.5. The van der Waals surface area contributed by atoms with Crippen molar-refractivity contribution in [2.75, 3.05) is 4.31 Å². The largest absolute Gasteiger partial charge is 0.290 e. The minimum absolute atomic E-state index is 0.0179. The molecule has 3 rings (SSSR count). The average Bonchev–Trinajstić information content (AvgIpc) is 2.73. The molecule has 1 aliphatic heterocycles. The minimum atomic E-state index is -4.49. The van der Waals surface area contributed by atoms with Gasteiger partial charge in [0.15, 0.2) is 0 Å². The Morgan fingerprint density at radius 2 is 1.58 bits per heavy atom. The van der Waals surface area contributed by atoms with Gasteiger partial charge in [0.1, 0.15) is 10.5 Å². The lowest BCUT2D eigenvalue weighted by molar-refractivity contribution is -0.394. The number of sulfonamides is 1. The normalized spacial score (nSPS) is 15.2. The van der Waals surface area contributed by atoms with Crippen molar-refractivity contribution in [3.05, 3.63) is 68.3 Å². The molecule has 1 amide bonds. The summed E-state index contributed by atoms with van der Waals surface area (Å²) < 4.78 is 25.6. The Bertz CT molecular complexity index is 1000. The first-order valence-corrected chi connectivity index (χ1v) is 7.80. The number of benzene rings is 2. The average molecular weight is 349 g/mol. The maximum absolute atomic E-state index is 12.6. The summed E-state index contributed by atoms with van der Waals surface area (Å²) in [7, 11) is -4.49. The summed E-state index contributed by atoms with van der Waals surface area (Å²) in [6.45, 7) is 0. The number of rotatable bonds is 3. The van der Waals surface area contributed by atoms with Gasteiger partial charge in [-0.05, 0) is 12.1 Å². The van der Waals surface area contributed by atoms with Gasteiger partial charge in [-0.15, -0.1) is 0 Å². The van der Waals surface area contributed by atoms with Crippen LogP contribution in [0, 0.1) is 20.2 Å². The molecule has 10 nitrogen and oxygen atoms in total. The van der Waals surface area contributed by atoms with Crippen LogP contribution < -0.4 is 4.31 Å². The summed E-state index contributed by atoms with van der Waals surface area (Å²) in [5, 5.41) is 22.1. The van der Waals surface area contributed by atoms with E-state index >= 15 is 0 Å². The third kappa shape index (κ3) is 2.10. The van der Waals surface area contributed by atoms with Gasteiger partial charge in [-0.1, -0.05) is 18.2 Å². The van der Waals surface area contributed by atoms with E-state index in [-0.39, 0.29) is 5.69 Å². The highest BCUT2D eigenvalue weighted by molar-refractivity contribution is 7.94. The van der Waals surface area contributed by atoms with Crippen molar-refractivity contribution in [1.29, 1.82) is 0 Å². The summed E-state index contributed by atoms with van der Waals surface area (Å²) >= 11 is 0. The molecule has 0 aromatic heterocycles. The molecule has 0 fully saturated rings. The van der Waals surface area contributed by atoms with Crippen molar-refractivity contribution in [1.82, 2.24) is 0 Å². The second-order valence-corrected chi connectivity index (χ2v) is 6.52. The lowest BCUT2D eigenvalue weighted by Crippen LogP contribution is -2.29. The van der Waals surface area contributed by atoms with Crippen LogP contribution in [0.25, 0.3) is 0 Å². The van der Waals surface area contributed by atoms with Crippen LogP contribution in [-0.4, -0.2) is 24.2 Å². The van der Waals surface area contributed by atoms with Gasteiger partial charge in [-0.2, -0.15) is 4.31 Å². The summed E-state index contributed by atoms with van der Waals surface area (Å²) in [5.74, 6) is -1.13. The summed E-state index contributed by atoms with van der Waals surface area (Å²) in [6, 6.07) is 8.45. The smallest absolute Gasteiger partial charge is 0.267 e. The molecule has 0 aliphatic carbocycles. The first-order chi connectivity index (χ1) is 11.2. The van der Waals surface area contributed by atoms with Crippen molar-refractivity contribution in [2.24, 2.45) is 0 Å². The molecule has 24 heavy (non-hydrogen) atoms. The molecular weight excluding hydrogens is 342 g/mol. The van der Waals surface area contributed by atoms with E-state index in [4.69, 9.17) is 0 Å². The van der Waals surface area contributed by atoms with Gasteiger partial charge in [0, 0.05) is 6.07 Å². The van der Waals surface area contributed by atoms with Crippen LogP contribution >= 0.6 is 0 Å². The highest BCUT2D eigenvalue weighted by atomic mass is 32.2. The second kappa shape index (κ2) is 5.09. The maximum Gasteiger partial charge on any atom is 0.290 e. The van der Waals surface area contributed by atoms with E-state index in [0.29, 0.717) is 16.4 Å². The van der Waals surface area contributed by atoms with Gasteiger partial charge in [-0.25, -0.2) is 8.42 Å². The fourth-order valence-corrected chi connectivity index (χ4v) is 4.01. The van der Waals surface area contributed by atoms with Gasteiger partial charge in [0.05, 0.1) is 21.6 Å². The molecule has 1 heterocycles. The molecule has 0 spiro atoms. The summed E-state index contributed by atoms with van der Waals surface area (Å²) in [5.41, 5.74) is -2.41. The van der Waals surface area contributed by atoms with Crippen LogP contribution in [-0.2, 0) is 10.0 Å². The quantitative estimate of drug-likeness (QED) is 0.608. The summed E-state index contributed by atoms with van der Waals surface area (Å²) in [6.07, 6.45) is 0. The zero-order valence-electron chi connectivity index (χ0n) is 11.6. The molecule has 0 N–H and O–H groups in total. The van der Waals surface area contributed by atoms with Gasteiger partial charge in [0.2, 0.25) is 0 Å². The molecule has 122 valence electrons. The number of hydrogen-bond acceptors (Lipinski definition) is 7. The van der Waals surface area contributed by atoms with Gasteiger partial charge < -0.3 is 0 Å². The number of nitro benzene ring substituents is 2. The van der Waals surface area contributed by atoms with Crippen LogP contribution in [0.5, 0.6) is 0 Å². The van der Waals surface area contributed by atoms with Crippen molar-refractivity contribution >= 4 is 33.0 Å². The Morgan fingerprint density at radius 1 is 0.958 bits per heavy atom. The molecule has 0 unspecified atom stereocenters. The van der Waals surface area contributed by atoms with Crippen LogP contribution in [0.2, 0.25) is 0 Å². The minimum Gasteiger partial charge on any atom is -0.267 e. The van der Waals surface area contributed by atoms with Gasteiger partial charge >= 0.3 is 0 Å². The number of carbonyl (C=O) groups is 1. The highest BCUT2D eigenvalue weighted by Gasteiger charge is 2.48. The Labute approximate surface area is 134 Å². The van der Waals surface area contributed by atoms with Crippen molar-refractivity contribution in [2.45, 2.75) is 4.90 Å². The fraction of sp³-hybridized carbons (Fsp3) is 0. The van der Waals surface area contributed by atoms with E-state index in [1.54, 1.807) is 6.07 Å². The van der Waals surface area contributed by atoms with Crippen molar-refractivity contribution in [3.63, 3.8) is 0 Å². The van der Waals surface area contributed by atoms with Crippen LogP contribution in [0.15, 0.2) is 47.4 Å². The molecule has 0 atom stereocenters. The Balaban J connectivity index is 2.35. The summed E-state index contributed by atoms with van der Waals surface area (Å²) in [4.78, 5) is 31.8. The third-order valence-corrected chi connectivity index (χ3v) is 5.12. The number of nitro groups is 2. The van der Waals surface area contributed by atoms with Gasteiger partial charge in [0.25, 0.3) is 27.3 Å². The lowest BCUT2D eigenvalue weighted by atomic mass is 10.1. The maximum atomic E-state index is 12.6. The van der Waals surface area contributed by atoms with E-state index in [9.17, 15) is 33.4 Å². The number of fused-ring (bicyclic) bond motifs is 1. The van der Waals surface area contributed by atoms with Crippen LogP contribution in [0.1, 0.15) is 10.4 Å². The molecule has 0 saturated carbocycles. The van der Waals surface area contributed by atoms with Gasteiger partial charge in [-0.3, -0.25) is 25.0 Å². The number of carbonyl (C=O) groups excluding carboxylic acids is 1. The second-order valence-electron chi connectivity index (χ2n) is 4.76. The number of hydrogen-bond donors (Lipinski definition) is 0. The van der Waals surface area contributed by atoms with E-state index in [0.717, 1.165) is 0 Å². The van der Waals surface area contributed by atoms with E-state index in [1.807, 2.05) is 0 Å². The molecule has 1 aliphatic rings. The first-order valence-electron chi connectivity index (χ1n) is 6.36. The Hall–Kier alpha value is -3.34. The number of anilines is 1. The third-order valence-electron chi connectivity index (χ3n) is 3.38. The van der Waals surface area contributed by atoms with E-state index < -0.39 is 47.6 Å². The van der Waals surface area contributed by atoms with E-state index in [1.165, 1.54) is 24.3 Å². The SMILES string of the molecule is O=C1c2c([N+](=O)[O-])cc([N+](=O)[O-])cc2S(=O)(=O)N1c1ccccc1. The molecule has 11 heteroatoms. The zero-order chi connectivity index (χ0) is 17.6. The van der Waals surface area contributed by atoms with Crippen molar-refractivity contribution < 1.29 is 23.1 Å². The molecule has 2 aromatic carbocycles. The highest BCUT2D eigenvalue weighted by Crippen LogP contribution is 2.41. The molecule has 0 radical (unpaired) electrons. The number of nitrogens with zero attached hydrogens (tertiary/aromatic N) is 3. The first kappa shape index (κ1) is 15.6. The Kier molecular flexibility index (Phi) is 3.30. The van der Waals surface area contributed by atoms with Crippen molar-refractivity contribution in [3.8, 4) is 0 Å². The fourth-order valence-electron chi connectivity index (χ4n) is 2.38. The predicted molar refractivity (Wildman–Crippen MR) is 80.2 cm³/mol. The number of non-ortho nitro benzene ring substituents is 1. The van der Waals surface area contributed by atoms with Crippen LogP contribution in [0.4, 0.5) is 17.1 Å². The van der Waals surface area contributed by atoms with E-state index in [2.05, 4.69) is 0 Å². The standard InChI is InChI=1S/C13H7N3O7S/c17-13-12-10(16(20)21)6-9(15(18)19)7-11(12)24(22,23)14(13)8-4-2-1-3-5-8/h1-7H. The topological polar surface area (TPSA) is 141 Å². The Morgan fingerprint density at radius 3 is 2.12 bits per heavy atom. The molecule has 0 bridgehead atoms. The lowest BCUT2D eigenvalue weighted by Gasteiger charge is -2.14. The number of amides is 1. The molecular formula is C13H7N3O7S. The number of para-hydroxylation sites is 1.